The second-order valence-electron chi connectivity index (χ2n) is 2.66. The molecular formula is C6H10F2N2. The molecule has 0 spiro atoms. The van der Waals surface area contributed by atoms with Crippen LogP contribution in [0, 0.1) is 11.3 Å². The van der Waals surface area contributed by atoms with Gasteiger partial charge in [-0.15, -0.1) is 0 Å². The summed E-state index contributed by atoms with van der Waals surface area (Å²) in [4.78, 5) is 0. The molecule has 0 aromatic heterocycles. The average molecular weight is 148 g/mol. The number of rotatable bonds is 2. The zero-order chi connectivity index (χ0) is 7.78. The Labute approximate surface area is 57.9 Å². The molecule has 2 nitrogen and oxygen atoms in total. The molecule has 0 bridgehead atoms. The maximum atomic E-state index is 12.6. The summed E-state index contributed by atoms with van der Waals surface area (Å²) in [6, 6.07) is 0. The van der Waals surface area contributed by atoms with Crippen molar-refractivity contribution >= 4 is 5.84 Å². The van der Waals surface area contributed by atoms with Crippen LogP contribution in [0.25, 0.3) is 0 Å². The lowest BCUT2D eigenvalue weighted by molar-refractivity contribution is -0.0254. The third-order valence-corrected chi connectivity index (χ3v) is 1.98. The SMILES string of the molecule is N=C(N)C(F)(F)C1CCC1. The molecule has 1 fully saturated rings. The lowest BCUT2D eigenvalue weighted by Crippen LogP contribution is -2.44. The maximum absolute atomic E-state index is 12.6. The number of hydrogen-bond donors (Lipinski definition) is 2. The predicted octanol–water partition coefficient (Wildman–Crippen LogP) is 1.36. The van der Waals surface area contributed by atoms with Gasteiger partial charge in [-0.1, -0.05) is 6.42 Å². The zero-order valence-corrected chi connectivity index (χ0v) is 5.53. The molecule has 4 heteroatoms. The van der Waals surface area contributed by atoms with E-state index in [1.165, 1.54) is 0 Å². The van der Waals surface area contributed by atoms with Crippen LogP contribution in [0.5, 0.6) is 0 Å². The van der Waals surface area contributed by atoms with Gasteiger partial charge < -0.3 is 5.73 Å². The molecule has 3 N–H and O–H groups in total. The number of halogens is 2. The Morgan fingerprint density at radius 1 is 1.50 bits per heavy atom. The third kappa shape index (κ3) is 0.978. The van der Waals surface area contributed by atoms with Crippen molar-refractivity contribution in [2.45, 2.75) is 25.2 Å². The molecule has 0 aromatic rings. The van der Waals surface area contributed by atoms with Crippen LogP contribution in [-0.2, 0) is 0 Å². The molecule has 0 atom stereocenters. The van der Waals surface area contributed by atoms with E-state index in [1.807, 2.05) is 0 Å². The van der Waals surface area contributed by atoms with Gasteiger partial charge in [0.2, 0.25) is 0 Å². The molecule has 0 saturated heterocycles. The first-order chi connectivity index (χ1) is 4.55. The fraction of sp³-hybridized carbons (Fsp3) is 0.833. The minimum atomic E-state index is -3.04. The Bertz CT molecular complexity index is 152. The van der Waals surface area contributed by atoms with Gasteiger partial charge in [0, 0.05) is 5.92 Å². The van der Waals surface area contributed by atoms with Crippen LogP contribution in [0.15, 0.2) is 0 Å². The van der Waals surface area contributed by atoms with E-state index in [0.29, 0.717) is 12.8 Å². The lowest BCUT2D eigenvalue weighted by Gasteiger charge is -2.32. The Hall–Kier alpha value is -0.670. The summed E-state index contributed by atoms with van der Waals surface area (Å²) in [5, 5.41) is 6.59. The summed E-state index contributed by atoms with van der Waals surface area (Å²) < 4.78 is 25.3. The molecule has 0 aliphatic heterocycles. The van der Waals surface area contributed by atoms with Gasteiger partial charge in [-0.25, -0.2) is 0 Å². The van der Waals surface area contributed by atoms with Gasteiger partial charge in [0.25, 0.3) is 0 Å². The Morgan fingerprint density at radius 3 is 2.10 bits per heavy atom. The van der Waals surface area contributed by atoms with Gasteiger partial charge in [-0.05, 0) is 12.8 Å². The largest absolute Gasteiger partial charge is 0.383 e. The molecule has 0 unspecified atom stereocenters. The van der Waals surface area contributed by atoms with Gasteiger partial charge in [0.05, 0.1) is 0 Å². The first kappa shape index (κ1) is 7.44. The van der Waals surface area contributed by atoms with Crippen LogP contribution < -0.4 is 5.73 Å². The van der Waals surface area contributed by atoms with E-state index < -0.39 is 17.7 Å². The molecule has 10 heavy (non-hydrogen) atoms. The number of amidine groups is 1. The second-order valence-corrected chi connectivity index (χ2v) is 2.66. The van der Waals surface area contributed by atoms with Gasteiger partial charge >= 0.3 is 5.92 Å². The van der Waals surface area contributed by atoms with Crippen LogP contribution in [0.1, 0.15) is 19.3 Å². The Balaban J connectivity index is 2.57. The summed E-state index contributed by atoms with van der Waals surface area (Å²) >= 11 is 0. The van der Waals surface area contributed by atoms with Crippen LogP contribution in [0.4, 0.5) is 8.78 Å². The lowest BCUT2D eigenvalue weighted by atomic mass is 9.80. The van der Waals surface area contributed by atoms with E-state index in [0.717, 1.165) is 6.42 Å². The zero-order valence-electron chi connectivity index (χ0n) is 5.53. The van der Waals surface area contributed by atoms with Gasteiger partial charge in [-0.2, -0.15) is 8.78 Å². The number of nitrogens with one attached hydrogen (secondary N) is 1. The van der Waals surface area contributed by atoms with E-state index in [9.17, 15) is 8.78 Å². The van der Waals surface area contributed by atoms with Gasteiger partial charge in [0.15, 0.2) is 5.84 Å². The predicted molar refractivity (Wildman–Crippen MR) is 34.2 cm³/mol. The highest BCUT2D eigenvalue weighted by molar-refractivity contribution is 5.84. The minimum Gasteiger partial charge on any atom is -0.383 e. The molecule has 0 heterocycles. The minimum absolute atomic E-state index is 0.507. The number of hydrogen-bond acceptors (Lipinski definition) is 1. The molecule has 0 radical (unpaired) electrons. The van der Waals surface area contributed by atoms with Crippen molar-refractivity contribution in [3.63, 3.8) is 0 Å². The highest BCUT2D eigenvalue weighted by Crippen LogP contribution is 2.39. The summed E-state index contributed by atoms with van der Waals surface area (Å²) in [5.41, 5.74) is 4.71. The van der Waals surface area contributed by atoms with Crippen LogP contribution in [-0.4, -0.2) is 11.8 Å². The van der Waals surface area contributed by atoms with E-state index in [4.69, 9.17) is 11.1 Å². The van der Waals surface area contributed by atoms with E-state index in [2.05, 4.69) is 0 Å². The molecule has 1 aliphatic carbocycles. The normalized spacial score (nSPS) is 20.2. The fourth-order valence-electron chi connectivity index (χ4n) is 0.991. The molecular weight excluding hydrogens is 138 g/mol. The average Bonchev–Trinajstić information content (AvgIpc) is 1.57. The number of alkyl halides is 2. The molecule has 0 aromatic carbocycles. The van der Waals surface area contributed by atoms with Crippen molar-refractivity contribution in [1.29, 1.82) is 5.41 Å². The van der Waals surface area contributed by atoms with Gasteiger partial charge in [0.1, 0.15) is 0 Å². The van der Waals surface area contributed by atoms with E-state index in [1.54, 1.807) is 0 Å². The molecule has 1 saturated carbocycles. The highest BCUT2D eigenvalue weighted by atomic mass is 19.3. The smallest absolute Gasteiger partial charge is 0.306 e. The topological polar surface area (TPSA) is 49.9 Å². The monoisotopic (exact) mass is 148 g/mol. The van der Waals surface area contributed by atoms with Crippen molar-refractivity contribution in [1.82, 2.24) is 0 Å². The Morgan fingerprint density at radius 2 is 2.00 bits per heavy atom. The van der Waals surface area contributed by atoms with Crippen molar-refractivity contribution < 1.29 is 8.78 Å². The van der Waals surface area contributed by atoms with Crippen LogP contribution >= 0.6 is 0 Å². The molecule has 0 amide bonds. The first-order valence-corrected chi connectivity index (χ1v) is 3.27. The molecule has 1 aliphatic rings. The van der Waals surface area contributed by atoms with Crippen LogP contribution in [0.2, 0.25) is 0 Å². The van der Waals surface area contributed by atoms with Crippen molar-refractivity contribution in [3.05, 3.63) is 0 Å². The molecule has 1 rings (SSSR count). The number of nitrogens with two attached hydrogens (primary N) is 1. The summed E-state index contributed by atoms with van der Waals surface area (Å²) in [5.74, 6) is -4.69. The quantitative estimate of drug-likeness (QED) is 0.450. The van der Waals surface area contributed by atoms with E-state index in [-0.39, 0.29) is 0 Å². The van der Waals surface area contributed by atoms with Crippen LogP contribution in [0.3, 0.4) is 0 Å². The summed E-state index contributed by atoms with van der Waals surface area (Å²) in [6.07, 6.45) is 1.85. The third-order valence-electron chi connectivity index (χ3n) is 1.98. The standard InChI is InChI=1S/C6H10F2N2/c7-6(8,5(9)10)4-2-1-3-4/h4H,1-3H2,(H3,9,10). The van der Waals surface area contributed by atoms with Crippen molar-refractivity contribution in [2.75, 3.05) is 0 Å². The summed E-state index contributed by atoms with van der Waals surface area (Å²) in [6.45, 7) is 0. The second kappa shape index (κ2) is 2.18. The maximum Gasteiger partial charge on any atom is 0.306 e. The van der Waals surface area contributed by atoms with Crippen molar-refractivity contribution in [3.8, 4) is 0 Å². The fourth-order valence-corrected chi connectivity index (χ4v) is 0.991. The first-order valence-electron chi connectivity index (χ1n) is 3.27. The van der Waals surface area contributed by atoms with Crippen molar-refractivity contribution in [2.24, 2.45) is 11.7 Å². The van der Waals surface area contributed by atoms with Gasteiger partial charge in [-0.3, -0.25) is 5.41 Å². The summed E-state index contributed by atoms with van der Waals surface area (Å²) in [7, 11) is 0. The Kier molecular flexibility index (Phi) is 1.62. The molecule has 58 valence electrons. The van der Waals surface area contributed by atoms with E-state index >= 15 is 0 Å². The highest BCUT2D eigenvalue weighted by Gasteiger charge is 2.45.